The van der Waals surface area contributed by atoms with Gasteiger partial charge in [0.1, 0.15) is 28.0 Å². The van der Waals surface area contributed by atoms with Gasteiger partial charge in [-0.15, -0.1) is 60.9 Å². The average molecular weight is 1380 g/mol. The van der Waals surface area contributed by atoms with Gasteiger partial charge in [-0.25, -0.2) is 14.0 Å². The van der Waals surface area contributed by atoms with E-state index in [0.717, 1.165) is 140 Å². The molecular formula is C73H84ClN9O10S3. The van der Waals surface area contributed by atoms with Crippen molar-refractivity contribution in [2.75, 3.05) is 35.5 Å². The summed E-state index contributed by atoms with van der Waals surface area (Å²) in [6.45, 7) is 22.8. The standard InChI is InChI=1S/2C27H31N3O4S.C19H22ClN3O2S/c2*1-6-30-24-12-11-22(17(2)27(24)28-29-30)23(14-26(31)33-5)25-13-20(18(3)35-25)16-34-15-19-7-9-21(32-4)10-8-19;1-5-23-16-7-6-14(11(2)19(16)21-22-23)15(9-18(24)25-4)17-8-13(10-20)12(3)26-17/h2*7-13,23H,6,14-16H2,1-5H3;6-8,15H,5,9-10H2,1-4H3/t2*23-;/m10./s1. The predicted octanol–water partition coefficient (Wildman–Crippen LogP) is 15.7. The van der Waals surface area contributed by atoms with Crippen LogP contribution < -0.4 is 9.47 Å². The molecule has 0 fully saturated rings. The number of aryl methyl sites for hydroxylation is 9. The third kappa shape index (κ3) is 16.7. The molecule has 1 unspecified atom stereocenters. The first-order valence-corrected chi connectivity index (χ1v) is 34.8. The maximum Gasteiger partial charge on any atom is 0.306 e. The van der Waals surface area contributed by atoms with Crippen LogP contribution in [0.5, 0.6) is 11.5 Å². The van der Waals surface area contributed by atoms with Gasteiger partial charge in [0, 0.05) is 72.5 Å². The molecule has 19 nitrogen and oxygen atoms in total. The van der Waals surface area contributed by atoms with Crippen LogP contribution in [0.25, 0.3) is 33.1 Å². The lowest BCUT2D eigenvalue weighted by atomic mass is 9.89. The number of alkyl halides is 1. The van der Waals surface area contributed by atoms with Gasteiger partial charge in [0.05, 0.1) is 97.8 Å². The number of halogens is 1. The van der Waals surface area contributed by atoms with Crippen molar-refractivity contribution in [2.45, 2.75) is 151 Å². The summed E-state index contributed by atoms with van der Waals surface area (Å²) < 4.78 is 43.1. The molecule has 11 rings (SSSR count). The largest absolute Gasteiger partial charge is 0.497 e. The fraction of sp³-hybridized carbons (Fsp3) is 0.384. The molecule has 6 aromatic heterocycles. The Balaban J connectivity index is 0.000000171. The first-order chi connectivity index (χ1) is 46.4. The van der Waals surface area contributed by atoms with Crippen LogP contribution in [0.2, 0.25) is 0 Å². The van der Waals surface area contributed by atoms with Gasteiger partial charge in [-0.3, -0.25) is 14.4 Å². The molecular weight excluding hydrogens is 1290 g/mol. The molecule has 0 saturated carbocycles. The summed E-state index contributed by atoms with van der Waals surface area (Å²) in [6.07, 6.45) is 0.806. The van der Waals surface area contributed by atoms with E-state index in [-0.39, 0.29) is 54.9 Å². The van der Waals surface area contributed by atoms with E-state index in [1.54, 1.807) is 48.2 Å². The minimum absolute atomic E-state index is 0.0840. The van der Waals surface area contributed by atoms with Gasteiger partial charge < -0.3 is 33.2 Å². The molecule has 0 aliphatic rings. The Hall–Kier alpha value is -8.38. The highest BCUT2D eigenvalue weighted by Gasteiger charge is 2.29. The van der Waals surface area contributed by atoms with E-state index in [2.05, 4.69) is 102 Å². The van der Waals surface area contributed by atoms with Crippen molar-refractivity contribution in [3.63, 3.8) is 0 Å². The highest BCUT2D eigenvalue weighted by Crippen LogP contribution is 2.42. The van der Waals surface area contributed by atoms with Gasteiger partial charge in [0.25, 0.3) is 0 Å². The van der Waals surface area contributed by atoms with Gasteiger partial charge in [0.15, 0.2) is 0 Å². The van der Waals surface area contributed by atoms with E-state index in [4.69, 9.17) is 44.8 Å². The number of esters is 3. The molecule has 0 saturated heterocycles. The summed E-state index contributed by atoms with van der Waals surface area (Å²) in [7, 11) is 7.60. The van der Waals surface area contributed by atoms with Crippen LogP contribution in [-0.2, 0) is 90.0 Å². The van der Waals surface area contributed by atoms with Crippen LogP contribution in [-0.4, -0.2) is 98.4 Å². The molecule has 0 amide bonds. The quantitative estimate of drug-likeness (QED) is 0.0280. The van der Waals surface area contributed by atoms with Gasteiger partial charge in [-0.2, -0.15) is 0 Å². The summed E-state index contributed by atoms with van der Waals surface area (Å²) in [6, 6.07) is 34.6. The number of aromatic nitrogens is 9. The van der Waals surface area contributed by atoms with Crippen molar-refractivity contribution in [3.05, 3.63) is 194 Å². The lowest BCUT2D eigenvalue weighted by Gasteiger charge is -2.17. The Labute approximate surface area is 577 Å². The molecule has 0 aliphatic carbocycles. The van der Waals surface area contributed by atoms with E-state index in [9.17, 15) is 14.4 Å². The number of carbonyl (C=O) groups is 3. The second-order valence-corrected chi connectivity index (χ2v) is 27.3. The molecule has 96 heavy (non-hydrogen) atoms. The number of nitrogens with zero attached hydrogens (tertiary/aromatic N) is 9. The topological polar surface area (TPSA) is 208 Å². The summed E-state index contributed by atoms with van der Waals surface area (Å²) in [5, 5.41) is 25.9. The second-order valence-electron chi connectivity index (χ2n) is 23.2. The van der Waals surface area contributed by atoms with E-state index >= 15 is 0 Å². The Morgan fingerprint density at radius 2 is 0.729 bits per heavy atom. The van der Waals surface area contributed by atoms with Gasteiger partial charge in [-0.05, 0) is 184 Å². The molecule has 23 heteroatoms. The maximum atomic E-state index is 12.4. The Morgan fingerprint density at radius 3 is 1.00 bits per heavy atom. The monoisotopic (exact) mass is 1380 g/mol. The lowest BCUT2D eigenvalue weighted by Crippen LogP contribution is -2.10. The molecule has 6 heterocycles. The molecule has 506 valence electrons. The summed E-state index contributed by atoms with van der Waals surface area (Å²) in [4.78, 5) is 43.7. The van der Waals surface area contributed by atoms with E-state index in [0.29, 0.717) is 32.3 Å². The van der Waals surface area contributed by atoms with E-state index in [1.165, 1.54) is 36.0 Å². The molecule has 0 N–H and O–H groups in total. The van der Waals surface area contributed by atoms with E-state index < -0.39 is 0 Å². The Kier molecular flexibility index (Phi) is 25.1. The number of ether oxygens (including phenoxy) is 7. The van der Waals surface area contributed by atoms with Crippen molar-refractivity contribution in [1.29, 1.82) is 0 Å². The van der Waals surface area contributed by atoms with Crippen molar-refractivity contribution >= 4 is 96.6 Å². The van der Waals surface area contributed by atoms with Crippen LogP contribution in [0, 0.1) is 41.5 Å². The van der Waals surface area contributed by atoms with Crippen molar-refractivity contribution in [3.8, 4) is 11.5 Å². The van der Waals surface area contributed by atoms with Crippen molar-refractivity contribution in [1.82, 2.24) is 45.0 Å². The average Bonchev–Trinajstić information content (AvgIpc) is 1.60. The summed E-state index contributed by atoms with van der Waals surface area (Å²) >= 11 is 11.1. The second kappa shape index (κ2) is 33.5. The minimum atomic E-state index is -0.241. The normalized spacial score (nSPS) is 12.2. The Bertz CT molecular complexity index is 4250. The summed E-state index contributed by atoms with van der Waals surface area (Å²) in [5.41, 5.74) is 17.5. The van der Waals surface area contributed by atoms with Gasteiger partial charge >= 0.3 is 17.9 Å². The summed E-state index contributed by atoms with van der Waals surface area (Å²) in [5.74, 6) is 1.07. The van der Waals surface area contributed by atoms with Crippen molar-refractivity contribution < 1.29 is 47.5 Å². The molecule has 11 aromatic rings. The number of rotatable bonds is 26. The van der Waals surface area contributed by atoms with Crippen LogP contribution in [0.3, 0.4) is 0 Å². The highest BCUT2D eigenvalue weighted by atomic mass is 35.5. The molecule has 0 spiro atoms. The zero-order chi connectivity index (χ0) is 68.7. The van der Waals surface area contributed by atoms with Crippen LogP contribution in [0.15, 0.2) is 103 Å². The zero-order valence-corrected chi connectivity index (χ0v) is 60.2. The minimum Gasteiger partial charge on any atom is -0.497 e. The van der Waals surface area contributed by atoms with Crippen LogP contribution in [0.1, 0.15) is 148 Å². The SMILES string of the molecule is CCn1nnc2c(C)c(C(CC(=O)OC)c3cc(CCl)c(C)s3)ccc21.CCn1nnc2c(C)c([C@@H](CC(=O)OC)c3cc(COCc4ccc(OC)cc4)c(C)s3)ccc21.CCn1nnc2c(C)c([C@H](CC(=O)OC)c3cc(COCc4ccc(OC)cc4)c(C)s3)ccc21. The number of carbonyl (C=O) groups excluding carboxylic acids is 3. The first-order valence-electron chi connectivity index (χ1n) is 31.8. The van der Waals surface area contributed by atoms with Gasteiger partial charge in [0.2, 0.25) is 0 Å². The number of hydrogen-bond acceptors (Lipinski definition) is 19. The fourth-order valence-corrected chi connectivity index (χ4v) is 15.6. The van der Waals surface area contributed by atoms with Crippen LogP contribution >= 0.6 is 45.6 Å². The predicted molar refractivity (Wildman–Crippen MR) is 379 cm³/mol. The number of methoxy groups -OCH3 is 5. The first kappa shape index (κ1) is 71.9. The number of benzene rings is 5. The molecule has 5 aromatic carbocycles. The third-order valence-electron chi connectivity index (χ3n) is 17.4. The molecule has 3 atom stereocenters. The molecule has 0 radical (unpaired) electrons. The van der Waals surface area contributed by atoms with Crippen LogP contribution in [0.4, 0.5) is 0 Å². The number of thiophene rings is 3. The lowest BCUT2D eigenvalue weighted by molar-refractivity contribution is -0.141. The third-order valence-corrected chi connectivity index (χ3v) is 21.3. The van der Waals surface area contributed by atoms with Gasteiger partial charge in [-0.1, -0.05) is 58.1 Å². The highest BCUT2D eigenvalue weighted by molar-refractivity contribution is 7.12. The Morgan fingerprint density at radius 1 is 0.427 bits per heavy atom. The number of fused-ring (bicyclic) bond motifs is 3. The molecule has 0 aliphatic heterocycles. The molecule has 0 bridgehead atoms. The van der Waals surface area contributed by atoms with Crippen molar-refractivity contribution in [2.24, 2.45) is 0 Å². The van der Waals surface area contributed by atoms with E-state index in [1.807, 2.05) is 108 Å². The smallest absolute Gasteiger partial charge is 0.306 e. The maximum absolute atomic E-state index is 12.4. The fourth-order valence-electron chi connectivity index (χ4n) is 11.8. The number of hydrogen-bond donors (Lipinski definition) is 0. The zero-order valence-electron chi connectivity index (χ0n) is 57.0.